The van der Waals surface area contributed by atoms with E-state index in [1.807, 2.05) is 24.3 Å². The summed E-state index contributed by atoms with van der Waals surface area (Å²) in [6, 6.07) is 19.0. The number of nitrogen functional groups attached to an aromatic ring is 1. The lowest BCUT2D eigenvalue weighted by atomic mass is 10.1. The molecular weight excluding hydrogens is 220 g/mol. The van der Waals surface area contributed by atoms with Crippen molar-refractivity contribution in [3.8, 4) is 0 Å². The summed E-state index contributed by atoms with van der Waals surface area (Å²) in [5.41, 5.74) is 9.36. The smallest absolute Gasteiger partial charge is 0.0359 e. The molecule has 0 saturated heterocycles. The summed E-state index contributed by atoms with van der Waals surface area (Å²) in [5.74, 6) is 0. The van der Waals surface area contributed by atoms with E-state index in [0.717, 1.165) is 12.2 Å². The number of nitrogens with two attached hydrogens (primary N) is 1. The zero-order valence-electron chi connectivity index (χ0n) is 11.0. The van der Waals surface area contributed by atoms with E-state index in [0.29, 0.717) is 6.04 Å². The van der Waals surface area contributed by atoms with Gasteiger partial charge in [-0.25, -0.2) is 0 Å². The highest BCUT2D eigenvalue weighted by Gasteiger charge is 2.12. The lowest BCUT2D eigenvalue weighted by molar-refractivity contribution is 0.253. The van der Waals surface area contributed by atoms with E-state index < -0.39 is 0 Å². The van der Waals surface area contributed by atoms with Gasteiger partial charge in [0.2, 0.25) is 0 Å². The van der Waals surface area contributed by atoms with Crippen LogP contribution in [0.25, 0.3) is 0 Å². The topological polar surface area (TPSA) is 29.3 Å². The van der Waals surface area contributed by atoms with Gasteiger partial charge in [0.25, 0.3) is 0 Å². The quantitative estimate of drug-likeness (QED) is 0.829. The van der Waals surface area contributed by atoms with Crippen molar-refractivity contribution in [2.45, 2.75) is 19.5 Å². The molecule has 18 heavy (non-hydrogen) atoms. The fourth-order valence-corrected chi connectivity index (χ4v) is 2.07. The molecular formula is C16H20N2. The lowest BCUT2D eigenvalue weighted by Crippen LogP contribution is -2.22. The van der Waals surface area contributed by atoms with Crippen LogP contribution in [0.2, 0.25) is 0 Å². The zero-order valence-corrected chi connectivity index (χ0v) is 11.0. The van der Waals surface area contributed by atoms with Gasteiger partial charge in [-0.15, -0.1) is 0 Å². The predicted octanol–water partition coefficient (Wildman–Crippen LogP) is 3.46. The molecule has 0 fully saturated rings. The summed E-state index contributed by atoms with van der Waals surface area (Å²) in [6.45, 7) is 3.08. The van der Waals surface area contributed by atoms with E-state index in [1.54, 1.807) is 0 Å². The van der Waals surface area contributed by atoms with Crippen LogP contribution in [-0.2, 0) is 6.54 Å². The maximum absolute atomic E-state index is 5.98. The van der Waals surface area contributed by atoms with Gasteiger partial charge in [-0.3, -0.25) is 4.90 Å². The number of benzene rings is 2. The summed E-state index contributed by atoms with van der Waals surface area (Å²) in [6.07, 6.45) is 0. The maximum atomic E-state index is 5.98. The molecule has 0 aliphatic rings. The van der Waals surface area contributed by atoms with Crippen molar-refractivity contribution >= 4 is 5.69 Å². The van der Waals surface area contributed by atoms with Gasteiger partial charge in [-0.1, -0.05) is 48.5 Å². The zero-order chi connectivity index (χ0) is 13.0. The Morgan fingerprint density at radius 3 is 2.28 bits per heavy atom. The van der Waals surface area contributed by atoms with E-state index in [4.69, 9.17) is 5.73 Å². The monoisotopic (exact) mass is 240 g/mol. The van der Waals surface area contributed by atoms with Crippen molar-refractivity contribution in [3.63, 3.8) is 0 Å². The van der Waals surface area contributed by atoms with Crippen LogP contribution in [0.5, 0.6) is 0 Å². The third-order valence-corrected chi connectivity index (χ3v) is 3.42. The Balaban J connectivity index is 2.09. The average molecular weight is 240 g/mol. The molecule has 0 aliphatic heterocycles. The molecule has 0 bridgehead atoms. The molecule has 2 aromatic rings. The molecule has 2 aromatic carbocycles. The Bertz CT molecular complexity index is 493. The van der Waals surface area contributed by atoms with Crippen LogP contribution in [0, 0.1) is 0 Å². The minimum atomic E-state index is 0.380. The second-order valence-electron chi connectivity index (χ2n) is 4.70. The molecule has 2 rings (SSSR count). The standard InChI is InChI=1S/C16H20N2/c1-13(14-8-4-3-5-9-14)18(2)12-15-10-6-7-11-16(15)17/h3-11,13H,12,17H2,1-2H3. The van der Waals surface area contributed by atoms with Gasteiger partial charge >= 0.3 is 0 Å². The molecule has 0 spiro atoms. The van der Waals surface area contributed by atoms with Crippen LogP contribution >= 0.6 is 0 Å². The Labute approximate surface area is 109 Å². The SMILES string of the molecule is CC(c1ccccc1)N(C)Cc1ccccc1N. The summed E-state index contributed by atoms with van der Waals surface area (Å²) in [5, 5.41) is 0. The van der Waals surface area contributed by atoms with Crippen LogP contribution in [-0.4, -0.2) is 11.9 Å². The summed E-state index contributed by atoms with van der Waals surface area (Å²) in [7, 11) is 2.13. The van der Waals surface area contributed by atoms with E-state index in [9.17, 15) is 0 Å². The third-order valence-electron chi connectivity index (χ3n) is 3.42. The van der Waals surface area contributed by atoms with E-state index in [1.165, 1.54) is 11.1 Å². The van der Waals surface area contributed by atoms with Crippen LogP contribution in [0.3, 0.4) is 0 Å². The molecule has 2 N–H and O–H groups in total. The highest BCUT2D eigenvalue weighted by Crippen LogP contribution is 2.22. The van der Waals surface area contributed by atoms with Crippen molar-refractivity contribution in [1.82, 2.24) is 4.90 Å². The highest BCUT2D eigenvalue weighted by molar-refractivity contribution is 5.46. The number of anilines is 1. The minimum absolute atomic E-state index is 0.380. The van der Waals surface area contributed by atoms with Gasteiger partial charge in [0.05, 0.1) is 0 Å². The molecule has 94 valence electrons. The highest BCUT2D eigenvalue weighted by atomic mass is 15.1. The van der Waals surface area contributed by atoms with Crippen molar-refractivity contribution in [2.75, 3.05) is 12.8 Å². The maximum Gasteiger partial charge on any atom is 0.0359 e. The molecule has 1 unspecified atom stereocenters. The van der Waals surface area contributed by atoms with Crippen LogP contribution < -0.4 is 5.73 Å². The third kappa shape index (κ3) is 2.90. The summed E-state index contributed by atoms with van der Waals surface area (Å²) in [4.78, 5) is 2.31. The first-order valence-electron chi connectivity index (χ1n) is 6.27. The fraction of sp³-hybridized carbons (Fsp3) is 0.250. The molecule has 0 aromatic heterocycles. The molecule has 1 atom stereocenters. The van der Waals surface area contributed by atoms with E-state index in [-0.39, 0.29) is 0 Å². The average Bonchev–Trinajstić information content (AvgIpc) is 2.41. The first-order chi connectivity index (χ1) is 8.68. The molecule has 0 amide bonds. The van der Waals surface area contributed by atoms with Crippen molar-refractivity contribution in [2.24, 2.45) is 0 Å². The lowest BCUT2D eigenvalue weighted by Gasteiger charge is -2.25. The van der Waals surface area contributed by atoms with Gasteiger partial charge < -0.3 is 5.73 Å². The number of hydrogen-bond donors (Lipinski definition) is 1. The van der Waals surface area contributed by atoms with E-state index in [2.05, 4.69) is 49.2 Å². The largest absolute Gasteiger partial charge is 0.398 e. The molecule has 0 heterocycles. The number of para-hydroxylation sites is 1. The van der Waals surface area contributed by atoms with Gasteiger partial charge in [-0.2, -0.15) is 0 Å². The van der Waals surface area contributed by atoms with Crippen molar-refractivity contribution < 1.29 is 0 Å². The van der Waals surface area contributed by atoms with E-state index >= 15 is 0 Å². The van der Waals surface area contributed by atoms with Gasteiger partial charge in [0.15, 0.2) is 0 Å². The van der Waals surface area contributed by atoms with Gasteiger partial charge in [0.1, 0.15) is 0 Å². The Kier molecular flexibility index (Phi) is 4.00. The van der Waals surface area contributed by atoms with Crippen molar-refractivity contribution in [1.29, 1.82) is 0 Å². The number of nitrogens with zero attached hydrogens (tertiary/aromatic N) is 1. The van der Waals surface area contributed by atoms with Crippen LogP contribution in [0.15, 0.2) is 54.6 Å². The van der Waals surface area contributed by atoms with Gasteiger partial charge in [-0.05, 0) is 31.2 Å². The Morgan fingerprint density at radius 1 is 1.00 bits per heavy atom. The fourth-order valence-electron chi connectivity index (χ4n) is 2.07. The number of rotatable bonds is 4. The normalized spacial score (nSPS) is 12.6. The minimum Gasteiger partial charge on any atom is -0.398 e. The van der Waals surface area contributed by atoms with Gasteiger partial charge in [0, 0.05) is 18.3 Å². The number of hydrogen-bond acceptors (Lipinski definition) is 2. The summed E-state index contributed by atoms with van der Waals surface area (Å²) < 4.78 is 0. The predicted molar refractivity (Wildman–Crippen MR) is 77.2 cm³/mol. The Morgan fingerprint density at radius 2 is 1.61 bits per heavy atom. The molecule has 0 radical (unpaired) electrons. The first-order valence-corrected chi connectivity index (χ1v) is 6.27. The second-order valence-corrected chi connectivity index (χ2v) is 4.70. The first kappa shape index (κ1) is 12.7. The van der Waals surface area contributed by atoms with Crippen LogP contribution in [0.1, 0.15) is 24.1 Å². The summed E-state index contributed by atoms with van der Waals surface area (Å²) >= 11 is 0. The molecule has 2 heteroatoms. The molecule has 0 aliphatic carbocycles. The Hall–Kier alpha value is -1.80. The van der Waals surface area contributed by atoms with Crippen molar-refractivity contribution in [3.05, 3.63) is 65.7 Å². The molecule has 2 nitrogen and oxygen atoms in total. The second kappa shape index (κ2) is 5.69. The molecule has 0 saturated carbocycles. The van der Waals surface area contributed by atoms with Crippen LogP contribution in [0.4, 0.5) is 5.69 Å².